The van der Waals surface area contributed by atoms with Crippen LogP contribution in [0.15, 0.2) is 24.4 Å². The Hall–Kier alpha value is -2.61. The van der Waals surface area contributed by atoms with Crippen molar-refractivity contribution in [1.82, 2.24) is 35.0 Å². The third-order valence-corrected chi connectivity index (χ3v) is 4.55. The lowest BCUT2D eigenvalue weighted by Crippen LogP contribution is -1.91. The van der Waals surface area contributed by atoms with Crippen LogP contribution in [0.3, 0.4) is 0 Å². The molecule has 4 heterocycles. The Morgan fingerprint density at radius 3 is 2.78 bits per heavy atom. The second kappa shape index (κ2) is 5.24. The zero-order chi connectivity index (χ0) is 16.0. The molecule has 0 bridgehead atoms. The minimum Gasteiger partial charge on any atom is -0.282 e. The van der Waals surface area contributed by atoms with Crippen LogP contribution in [-0.4, -0.2) is 35.0 Å². The highest BCUT2D eigenvalue weighted by atomic mass is 32.1. The highest BCUT2D eigenvalue weighted by molar-refractivity contribution is 7.19. The normalized spacial score (nSPS) is 11.7. The third-order valence-electron chi connectivity index (χ3n) is 3.60. The van der Waals surface area contributed by atoms with Crippen LogP contribution in [0.4, 0.5) is 0 Å². The number of rotatable bonds is 3. The molecule has 1 N–H and O–H groups in total. The molecule has 116 valence electrons. The number of H-pyrrole nitrogens is 1. The van der Waals surface area contributed by atoms with E-state index in [4.69, 9.17) is 0 Å². The van der Waals surface area contributed by atoms with Crippen LogP contribution in [0, 0.1) is 6.92 Å². The number of aromatic nitrogens is 7. The van der Waals surface area contributed by atoms with Crippen molar-refractivity contribution in [3.05, 3.63) is 35.8 Å². The van der Waals surface area contributed by atoms with Crippen molar-refractivity contribution < 1.29 is 0 Å². The Bertz CT molecular complexity index is 961. The predicted octanol–water partition coefficient (Wildman–Crippen LogP) is 3.07. The van der Waals surface area contributed by atoms with Gasteiger partial charge in [-0.25, -0.2) is 0 Å². The molecule has 4 rings (SSSR count). The van der Waals surface area contributed by atoms with E-state index in [1.54, 1.807) is 4.52 Å². The van der Waals surface area contributed by atoms with E-state index in [2.05, 4.69) is 44.3 Å². The first-order valence-corrected chi connectivity index (χ1v) is 8.14. The first-order chi connectivity index (χ1) is 11.1. The summed E-state index contributed by atoms with van der Waals surface area (Å²) in [5.41, 5.74) is 3.77. The lowest BCUT2D eigenvalue weighted by atomic mass is 10.1. The van der Waals surface area contributed by atoms with Crippen molar-refractivity contribution in [2.24, 2.45) is 0 Å². The molecular formula is C15H15N7S. The fraction of sp³-hybridized carbons (Fsp3) is 0.267. The molecule has 4 aromatic heterocycles. The fourth-order valence-corrected chi connectivity index (χ4v) is 3.06. The molecule has 0 radical (unpaired) electrons. The van der Waals surface area contributed by atoms with Gasteiger partial charge in [-0.15, -0.1) is 10.2 Å². The maximum atomic E-state index is 4.62. The van der Waals surface area contributed by atoms with Gasteiger partial charge in [-0.05, 0) is 31.0 Å². The lowest BCUT2D eigenvalue weighted by Gasteiger charge is -1.96. The molecule has 0 aliphatic carbocycles. The van der Waals surface area contributed by atoms with Crippen molar-refractivity contribution >= 4 is 16.3 Å². The Labute approximate surface area is 136 Å². The van der Waals surface area contributed by atoms with Crippen molar-refractivity contribution in [3.8, 4) is 22.1 Å². The molecule has 0 amide bonds. The second-order valence-electron chi connectivity index (χ2n) is 5.68. The number of pyridine rings is 1. The van der Waals surface area contributed by atoms with Crippen LogP contribution in [-0.2, 0) is 0 Å². The van der Waals surface area contributed by atoms with E-state index in [1.807, 2.05) is 31.3 Å². The second-order valence-corrected chi connectivity index (χ2v) is 6.63. The number of hydrogen-bond acceptors (Lipinski definition) is 6. The topological polar surface area (TPSA) is 84.7 Å². The highest BCUT2D eigenvalue weighted by Gasteiger charge is 2.17. The van der Waals surface area contributed by atoms with E-state index >= 15 is 0 Å². The minimum absolute atomic E-state index is 0.379. The quantitative estimate of drug-likeness (QED) is 0.626. The van der Waals surface area contributed by atoms with E-state index in [-0.39, 0.29) is 0 Å². The van der Waals surface area contributed by atoms with Crippen molar-refractivity contribution in [1.29, 1.82) is 0 Å². The van der Waals surface area contributed by atoms with Gasteiger partial charge in [0.15, 0.2) is 0 Å². The van der Waals surface area contributed by atoms with Gasteiger partial charge >= 0.3 is 0 Å². The van der Waals surface area contributed by atoms with Crippen LogP contribution < -0.4 is 0 Å². The van der Waals surface area contributed by atoms with Gasteiger partial charge in [0.05, 0.1) is 0 Å². The number of nitrogens with zero attached hydrogens (tertiary/aromatic N) is 6. The molecule has 0 unspecified atom stereocenters. The number of aryl methyl sites for hydroxylation is 1. The zero-order valence-corrected chi connectivity index (χ0v) is 13.8. The summed E-state index contributed by atoms with van der Waals surface area (Å²) in [5, 5.41) is 21.3. The van der Waals surface area contributed by atoms with E-state index in [1.165, 1.54) is 11.3 Å². The summed E-state index contributed by atoms with van der Waals surface area (Å²) < 4.78 is 1.74. The molecule has 0 atom stereocenters. The largest absolute Gasteiger partial charge is 0.282 e. The van der Waals surface area contributed by atoms with Gasteiger partial charge in [-0.3, -0.25) is 10.1 Å². The van der Waals surface area contributed by atoms with Crippen LogP contribution >= 0.6 is 11.3 Å². The maximum absolute atomic E-state index is 4.62. The third kappa shape index (κ3) is 2.40. The summed E-state index contributed by atoms with van der Waals surface area (Å²) in [4.78, 5) is 5.06. The van der Waals surface area contributed by atoms with Crippen LogP contribution in [0.2, 0.25) is 0 Å². The van der Waals surface area contributed by atoms with Crippen molar-refractivity contribution in [3.63, 3.8) is 0 Å². The molecular weight excluding hydrogens is 310 g/mol. The average molecular weight is 325 g/mol. The number of aromatic amines is 1. The van der Waals surface area contributed by atoms with E-state index in [0.717, 1.165) is 32.6 Å². The molecule has 23 heavy (non-hydrogen) atoms. The Balaban J connectivity index is 1.78. The maximum Gasteiger partial charge on any atom is 0.235 e. The molecule has 0 aliphatic heterocycles. The summed E-state index contributed by atoms with van der Waals surface area (Å²) in [6.45, 7) is 6.19. The Kier molecular flexibility index (Phi) is 3.19. The van der Waals surface area contributed by atoms with Crippen LogP contribution in [0.25, 0.3) is 27.1 Å². The SMILES string of the molecule is Cc1ccc(-c2nn3c(-c4cc(C(C)C)[nH]n4)nnc3s2)cn1. The molecule has 7 nitrogen and oxygen atoms in total. The van der Waals surface area contributed by atoms with Gasteiger partial charge in [0.1, 0.15) is 10.7 Å². The summed E-state index contributed by atoms with van der Waals surface area (Å²) in [5.74, 6) is 1.02. The molecule has 0 aromatic carbocycles. The fourth-order valence-electron chi connectivity index (χ4n) is 2.23. The molecule has 0 saturated carbocycles. The Morgan fingerprint density at radius 1 is 1.22 bits per heavy atom. The van der Waals surface area contributed by atoms with E-state index < -0.39 is 0 Å². The van der Waals surface area contributed by atoms with Crippen molar-refractivity contribution in [2.75, 3.05) is 0 Å². The summed E-state index contributed by atoms with van der Waals surface area (Å²) >= 11 is 1.49. The van der Waals surface area contributed by atoms with Gasteiger partial charge in [0.2, 0.25) is 10.8 Å². The molecule has 8 heteroatoms. The summed E-state index contributed by atoms with van der Waals surface area (Å²) in [6, 6.07) is 5.98. The van der Waals surface area contributed by atoms with E-state index in [0.29, 0.717) is 11.7 Å². The first kappa shape index (κ1) is 14.0. The number of fused-ring (bicyclic) bond motifs is 1. The van der Waals surface area contributed by atoms with Gasteiger partial charge < -0.3 is 0 Å². The monoisotopic (exact) mass is 325 g/mol. The van der Waals surface area contributed by atoms with Crippen molar-refractivity contribution in [2.45, 2.75) is 26.7 Å². The van der Waals surface area contributed by atoms with E-state index in [9.17, 15) is 0 Å². The zero-order valence-electron chi connectivity index (χ0n) is 13.0. The molecule has 0 fully saturated rings. The summed E-state index contributed by atoms with van der Waals surface area (Å²) in [6.07, 6.45) is 1.83. The van der Waals surface area contributed by atoms with Crippen LogP contribution in [0.5, 0.6) is 0 Å². The predicted molar refractivity (Wildman–Crippen MR) is 88.3 cm³/mol. The molecule has 0 spiro atoms. The van der Waals surface area contributed by atoms with Gasteiger partial charge in [0, 0.05) is 23.1 Å². The smallest absolute Gasteiger partial charge is 0.235 e. The molecule has 0 saturated heterocycles. The van der Waals surface area contributed by atoms with Crippen LogP contribution in [0.1, 0.15) is 31.2 Å². The lowest BCUT2D eigenvalue weighted by molar-refractivity contribution is 0.810. The number of hydrogen-bond donors (Lipinski definition) is 1. The standard InChI is InChI=1S/C15H15N7S/c1-8(2)11-6-12(18-17-11)13-19-20-15-22(13)21-14(23-15)10-5-4-9(3)16-7-10/h4-8H,1-3H3,(H,17,18). The highest BCUT2D eigenvalue weighted by Crippen LogP contribution is 2.27. The van der Waals surface area contributed by atoms with Gasteiger partial charge in [-0.2, -0.15) is 14.7 Å². The molecule has 4 aromatic rings. The van der Waals surface area contributed by atoms with Gasteiger partial charge in [0.25, 0.3) is 0 Å². The average Bonchev–Trinajstić information content (AvgIpc) is 3.22. The first-order valence-electron chi connectivity index (χ1n) is 7.33. The minimum atomic E-state index is 0.379. The summed E-state index contributed by atoms with van der Waals surface area (Å²) in [7, 11) is 0. The number of nitrogens with one attached hydrogen (secondary N) is 1. The molecule has 0 aliphatic rings. The van der Waals surface area contributed by atoms with Gasteiger partial charge in [-0.1, -0.05) is 25.2 Å². The Morgan fingerprint density at radius 2 is 2.09 bits per heavy atom.